The molecule has 3 nitrogen and oxygen atoms in total. The van der Waals surface area contributed by atoms with Gasteiger partial charge in [0.2, 0.25) is 40.7 Å². The van der Waals surface area contributed by atoms with Crippen molar-refractivity contribution in [2.24, 2.45) is 0 Å². The Hall–Kier alpha value is -3.81. The molecular weight excluding hydrogens is 415 g/mol. The molecule has 4 rings (SSSR count). The van der Waals surface area contributed by atoms with Crippen LogP contribution in [0.1, 0.15) is 5.56 Å². The number of hydrogen-bond donors (Lipinski definition) is 0. The molecule has 0 aliphatic carbocycles. The van der Waals surface area contributed by atoms with E-state index < -0.39 is 40.7 Å². The Morgan fingerprint density at radius 3 is 1.84 bits per heavy atom. The van der Waals surface area contributed by atoms with Crippen molar-refractivity contribution >= 4 is 0 Å². The van der Waals surface area contributed by atoms with E-state index >= 15 is 0 Å². The van der Waals surface area contributed by atoms with Crippen molar-refractivity contribution < 1.29 is 26.7 Å². The minimum atomic E-state index is -2.27. The summed E-state index contributed by atoms with van der Waals surface area (Å²) in [5.74, 6) is -12.6. The van der Waals surface area contributed by atoms with Gasteiger partial charge in [0.05, 0.1) is 0 Å². The van der Waals surface area contributed by atoms with E-state index in [1.165, 1.54) is 6.07 Å². The summed E-state index contributed by atoms with van der Waals surface area (Å²) in [6.45, 7) is 1.93. The fourth-order valence-corrected chi connectivity index (χ4v) is 2.97. The van der Waals surface area contributed by atoms with Crippen molar-refractivity contribution in [3.05, 3.63) is 95.3 Å². The van der Waals surface area contributed by atoms with Gasteiger partial charge < -0.3 is 4.74 Å². The van der Waals surface area contributed by atoms with Crippen LogP contribution in [0.5, 0.6) is 11.6 Å². The second-order valence-corrected chi connectivity index (χ2v) is 6.68. The zero-order valence-electron chi connectivity index (χ0n) is 16.0. The van der Waals surface area contributed by atoms with Gasteiger partial charge >= 0.3 is 0 Å². The summed E-state index contributed by atoms with van der Waals surface area (Å²) in [6.07, 6.45) is 0. The monoisotopic (exact) mass is 428 g/mol. The minimum absolute atomic E-state index is 0.432. The normalized spacial score (nSPS) is 10.9. The summed E-state index contributed by atoms with van der Waals surface area (Å²) in [5.41, 5.74) is 3.40. The SMILES string of the molecule is Cc1ccc(-c2nnc(Oc3c(F)c(F)c(F)c(F)c3F)cc2-c2ccccc2)cc1. The maximum absolute atomic E-state index is 14.0. The number of rotatable bonds is 4. The lowest BCUT2D eigenvalue weighted by atomic mass is 9.99. The van der Waals surface area contributed by atoms with Crippen LogP contribution in [0.15, 0.2) is 60.7 Å². The maximum atomic E-state index is 14.0. The molecule has 31 heavy (non-hydrogen) atoms. The van der Waals surface area contributed by atoms with Crippen LogP contribution in [0.25, 0.3) is 22.4 Å². The molecule has 0 aliphatic rings. The maximum Gasteiger partial charge on any atom is 0.239 e. The summed E-state index contributed by atoms with van der Waals surface area (Å²) in [5, 5.41) is 7.87. The van der Waals surface area contributed by atoms with E-state index in [9.17, 15) is 22.0 Å². The van der Waals surface area contributed by atoms with E-state index in [1.54, 1.807) is 30.3 Å². The van der Waals surface area contributed by atoms with Crippen LogP contribution in [-0.2, 0) is 0 Å². The van der Waals surface area contributed by atoms with E-state index in [1.807, 2.05) is 31.2 Å². The predicted molar refractivity (Wildman–Crippen MR) is 104 cm³/mol. The number of halogens is 5. The van der Waals surface area contributed by atoms with Crippen molar-refractivity contribution in [2.75, 3.05) is 0 Å². The Kier molecular flexibility index (Phi) is 5.37. The van der Waals surface area contributed by atoms with Gasteiger partial charge in [0.15, 0.2) is 0 Å². The molecule has 0 saturated carbocycles. The molecule has 0 N–H and O–H groups in total. The Bertz CT molecular complexity index is 1230. The summed E-state index contributed by atoms with van der Waals surface area (Å²) in [7, 11) is 0. The number of nitrogens with zero attached hydrogens (tertiary/aromatic N) is 2. The van der Waals surface area contributed by atoms with Crippen LogP contribution in [0.3, 0.4) is 0 Å². The predicted octanol–water partition coefficient (Wildman–Crippen LogP) is 6.61. The van der Waals surface area contributed by atoms with Crippen LogP contribution in [0.4, 0.5) is 22.0 Å². The van der Waals surface area contributed by atoms with E-state index in [4.69, 9.17) is 4.74 Å². The Balaban J connectivity index is 1.84. The van der Waals surface area contributed by atoms with Gasteiger partial charge in [0, 0.05) is 17.2 Å². The summed E-state index contributed by atoms with van der Waals surface area (Å²) in [4.78, 5) is 0. The highest BCUT2D eigenvalue weighted by Crippen LogP contribution is 2.36. The molecule has 0 spiro atoms. The average Bonchev–Trinajstić information content (AvgIpc) is 2.80. The first kappa shape index (κ1) is 20.5. The molecule has 156 valence electrons. The lowest BCUT2D eigenvalue weighted by Gasteiger charge is -2.13. The molecule has 1 aromatic heterocycles. The van der Waals surface area contributed by atoms with Gasteiger partial charge in [-0.05, 0) is 12.5 Å². The Labute approximate surface area is 173 Å². The molecular formula is C23H13F5N2O. The van der Waals surface area contributed by atoms with Crippen molar-refractivity contribution in [1.82, 2.24) is 10.2 Å². The summed E-state index contributed by atoms with van der Waals surface area (Å²) in [6, 6.07) is 17.7. The second-order valence-electron chi connectivity index (χ2n) is 6.68. The van der Waals surface area contributed by atoms with Crippen LogP contribution < -0.4 is 4.74 Å². The zero-order chi connectivity index (χ0) is 22.1. The first-order valence-corrected chi connectivity index (χ1v) is 9.06. The highest BCUT2D eigenvalue weighted by Gasteiger charge is 2.28. The molecule has 0 atom stereocenters. The average molecular weight is 428 g/mol. The Morgan fingerprint density at radius 2 is 1.23 bits per heavy atom. The molecule has 3 aromatic carbocycles. The first-order valence-electron chi connectivity index (χ1n) is 9.06. The third-order valence-electron chi connectivity index (χ3n) is 4.56. The highest BCUT2D eigenvalue weighted by molar-refractivity contribution is 5.81. The second kappa shape index (κ2) is 8.14. The summed E-state index contributed by atoms with van der Waals surface area (Å²) < 4.78 is 73.2. The van der Waals surface area contributed by atoms with Crippen LogP contribution in [0.2, 0.25) is 0 Å². The van der Waals surface area contributed by atoms with Gasteiger partial charge in [0.1, 0.15) is 5.69 Å². The largest absolute Gasteiger partial charge is 0.431 e. The molecule has 8 heteroatoms. The number of aryl methyl sites for hydroxylation is 1. The third-order valence-corrected chi connectivity index (χ3v) is 4.56. The van der Waals surface area contributed by atoms with Crippen molar-refractivity contribution in [3.63, 3.8) is 0 Å². The molecule has 4 aromatic rings. The first-order chi connectivity index (χ1) is 14.9. The number of hydrogen-bond acceptors (Lipinski definition) is 3. The van der Waals surface area contributed by atoms with Gasteiger partial charge in [-0.25, -0.2) is 13.2 Å². The number of aromatic nitrogens is 2. The smallest absolute Gasteiger partial charge is 0.239 e. The van der Waals surface area contributed by atoms with E-state index in [2.05, 4.69) is 10.2 Å². The number of benzene rings is 3. The quantitative estimate of drug-likeness (QED) is 0.209. The van der Waals surface area contributed by atoms with Crippen LogP contribution in [-0.4, -0.2) is 10.2 Å². The third kappa shape index (κ3) is 3.84. The van der Waals surface area contributed by atoms with Crippen molar-refractivity contribution in [3.8, 4) is 34.0 Å². The zero-order valence-corrected chi connectivity index (χ0v) is 16.0. The van der Waals surface area contributed by atoms with Crippen LogP contribution in [0, 0.1) is 36.0 Å². The van der Waals surface area contributed by atoms with Gasteiger partial charge in [-0.3, -0.25) is 0 Å². The van der Waals surface area contributed by atoms with Crippen LogP contribution >= 0.6 is 0 Å². The molecule has 0 amide bonds. The topological polar surface area (TPSA) is 35.0 Å². The highest BCUT2D eigenvalue weighted by atomic mass is 19.2. The lowest BCUT2D eigenvalue weighted by molar-refractivity contribution is 0.326. The molecule has 0 fully saturated rings. The summed E-state index contributed by atoms with van der Waals surface area (Å²) >= 11 is 0. The molecule has 0 unspecified atom stereocenters. The van der Waals surface area contributed by atoms with Gasteiger partial charge in [0.25, 0.3) is 0 Å². The lowest BCUT2D eigenvalue weighted by Crippen LogP contribution is -2.05. The van der Waals surface area contributed by atoms with Gasteiger partial charge in [-0.15, -0.1) is 10.2 Å². The molecule has 1 heterocycles. The standard InChI is InChI=1S/C23H13F5N2O/c1-12-7-9-14(10-8-12)22-15(13-5-3-2-4-6-13)11-16(29-30-22)31-23-20(27)18(25)17(24)19(26)21(23)28/h2-11H,1H3. The van der Waals surface area contributed by atoms with E-state index in [0.29, 0.717) is 16.8 Å². The molecule has 0 radical (unpaired) electrons. The van der Waals surface area contributed by atoms with E-state index in [-0.39, 0.29) is 0 Å². The Morgan fingerprint density at radius 1 is 0.645 bits per heavy atom. The fraction of sp³-hybridized carbons (Fsp3) is 0.0435. The van der Waals surface area contributed by atoms with Gasteiger partial charge in [-0.2, -0.15) is 8.78 Å². The van der Waals surface area contributed by atoms with Crippen molar-refractivity contribution in [1.29, 1.82) is 0 Å². The number of ether oxygens (including phenoxy) is 1. The fourth-order valence-electron chi connectivity index (χ4n) is 2.97. The van der Waals surface area contributed by atoms with Gasteiger partial charge in [-0.1, -0.05) is 60.2 Å². The molecule has 0 aliphatic heterocycles. The van der Waals surface area contributed by atoms with E-state index in [0.717, 1.165) is 11.1 Å². The molecule has 0 saturated heterocycles. The minimum Gasteiger partial charge on any atom is -0.431 e. The van der Waals surface area contributed by atoms with Crippen molar-refractivity contribution in [2.45, 2.75) is 6.92 Å². The molecule has 0 bridgehead atoms.